The zero-order valence-corrected chi connectivity index (χ0v) is 10.5. The third-order valence-electron chi connectivity index (χ3n) is 2.56. The number of aromatic nitrogens is 2. The molecular weight excluding hydrogens is 238 g/mol. The minimum absolute atomic E-state index is 0.167. The van der Waals surface area contributed by atoms with E-state index in [1.165, 1.54) is 18.2 Å². The van der Waals surface area contributed by atoms with E-state index in [0.29, 0.717) is 12.4 Å². The Hall–Kier alpha value is -1.82. The predicted molar refractivity (Wildman–Crippen MR) is 66.1 cm³/mol. The number of ether oxygens (including phenoxy) is 1. The summed E-state index contributed by atoms with van der Waals surface area (Å²) in [6.07, 6.45) is 1.55. The first-order valence-corrected chi connectivity index (χ1v) is 5.98. The minimum atomic E-state index is -0.511. The van der Waals surface area contributed by atoms with Gasteiger partial charge in [0, 0.05) is 0 Å². The number of methoxy groups -OCH3 is 1. The monoisotopic (exact) mass is 251 g/mol. The van der Waals surface area contributed by atoms with Crippen molar-refractivity contribution in [2.45, 2.75) is 13.5 Å². The van der Waals surface area contributed by atoms with Crippen molar-refractivity contribution in [1.82, 2.24) is 9.55 Å². The van der Waals surface area contributed by atoms with Crippen LogP contribution in [0.3, 0.4) is 0 Å². The second-order valence-corrected chi connectivity index (χ2v) is 4.42. The largest absolute Gasteiger partial charge is 0.464 e. The van der Waals surface area contributed by atoms with Crippen molar-refractivity contribution in [2.24, 2.45) is 0 Å². The van der Waals surface area contributed by atoms with Crippen molar-refractivity contribution >= 4 is 23.1 Å². The summed E-state index contributed by atoms with van der Waals surface area (Å²) in [7, 11) is 1.31. The number of hydrogen-bond acceptors (Lipinski definition) is 5. The van der Waals surface area contributed by atoms with Crippen molar-refractivity contribution in [1.29, 1.82) is 0 Å². The van der Waals surface area contributed by atoms with Crippen molar-refractivity contribution in [3.8, 4) is 0 Å². The third-order valence-corrected chi connectivity index (χ3v) is 3.47. The standard InChI is InChI=1S/C11H13N3O2S/c1-7-4-17-5-8(7)3-14-6-13-9(10(14)12)11(15)16-2/h4-6H,3,12H2,1-2H3. The number of nitrogens with two attached hydrogens (primary N) is 1. The summed E-state index contributed by atoms with van der Waals surface area (Å²) in [5.41, 5.74) is 8.40. The maximum absolute atomic E-state index is 11.3. The lowest BCUT2D eigenvalue weighted by Gasteiger charge is -2.04. The van der Waals surface area contributed by atoms with Crippen LogP contribution in [-0.4, -0.2) is 22.6 Å². The molecule has 0 saturated heterocycles. The van der Waals surface area contributed by atoms with Gasteiger partial charge in [0.2, 0.25) is 0 Å². The normalized spacial score (nSPS) is 10.5. The number of imidazole rings is 1. The van der Waals surface area contributed by atoms with Gasteiger partial charge < -0.3 is 15.0 Å². The van der Waals surface area contributed by atoms with Gasteiger partial charge >= 0.3 is 5.97 Å². The number of hydrogen-bond donors (Lipinski definition) is 1. The van der Waals surface area contributed by atoms with Gasteiger partial charge in [0.1, 0.15) is 5.82 Å². The lowest BCUT2D eigenvalue weighted by molar-refractivity contribution is 0.0596. The zero-order chi connectivity index (χ0) is 12.4. The Kier molecular flexibility index (Phi) is 3.14. The summed E-state index contributed by atoms with van der Waals surface area (Å²) in [5, 5.41) is 4.14. The molecule has 2 N–H and O–H groups in total. The molecule has 0 saturated carbocycles. The van der Waals surface area contributed by atoms with Crippen LogP contribution in [0.25, 0.3) is 0 Å². The molecule has 0 spiro atoms. The van der Waals surface area contributed by atoms with Gasteiger partial charge in [-0.3, -0.25) is 0 Å². The Balaban J connectivity index is 2.26. The van der Waals surface area contributed by atoms with Gasteiger partial charge in [0.15, 0.2) is 5.69 Å². The topological polar surface area (TPSA) is 70.1 Å². The third kappa shape index (κ3) is 2.16. The summed E-state index contributed by atoms with van der Waals surface area (Å²) >= 11 is 1.64. The van der Waals surface area contributed by atoms with Gasteiger partial charge in [-0.25, -0.2) is 9.78 Å². The summed E-state index contributed by atoms with van der Waals surface area (Å²) in [6.45, 7) is 2.66. The molecule has 5 nitrogen and oxygen atoms in total. The summed E-state index contributed by atoms with van der Waals surface area (Å²) < 4.78 is 6.33. The van der Waals surface area contributed by atoms with Crippen LogP contribution in [0.2, 0.25) is 0 Å². The van der Waals surface area contributed by atoms with Crippen molar-refractivity contribution < 1.29 is 9.53 Å². The Bertz CT molecular complexity index is 545. The molecule has 2 heterocycles. The lowest BCUT2D eigenvalue weighted by Crippen LogP contribution is -2.09. The second-order valence-electron chi connectivity index (χ2n) is 3.68. The highest BCUT2D eigenvalue weighted by atomic mass is 32.1. The quantitative estimate of drug-likeness (QED) is 0.842. The number of rotatable bonds is 3. The number of nitrogens with zero attached hydrogens (tertiary/aromatic N) is 2. The highest BCUT2D eigenvalue weighted by molar-refractivity contribution is 7.08. The molecule has 0 aliphatic heterocycles. The van der Waals surface area contributed by atoms with E-state index in [2.05, 4.69) is 20.5 Å². The number of carbonyl (C=O) groups is 1. The van der Waals surface area contributed by atoms with E-state index in [1.54, 1.807) is 22.2 Å². The summed E-state index contributed by atoms with van der Waals surface area (Å²) in [4.78, 5) is 15.3. The Labute approximate surface area is 103 Å². The van der Waals surface area contributed by atoms with Gasteiger partial charge in [-0.2, -0.15) is 11.3 Å². The highest BCUT2D eigenvalue weighted by Gasteiger charge is 2.16. The number of thiophene rings is 1. The first-order valence-electron chi connectivity index (χ1n) is 5.04. The number of carbonyl (C=O) groups excluding carboxylic acids is 1. The van der Waals surface area contributed by atoms with E-state index in [1.807, 2.05) is 6.92 Å². The molecule has 17 heavy (non-hydrogen) atoms. The van der Waals surface area contributed by atoms with E-state index in [4.69, 9.17) is 5.73 Å². The van der Waals surface area contributed by atoms with Gasteiger partial charge in [0.25, 0.3) is 0 Å². The van der Waals surface area contributed by atoms with Gasteiger partial charge in [-0.05, 0) is 28.8 Å². The minimum Gasteiger partial charge on any atom is -0.464 e. The molecule has 0 amide bonds. The molecule has 2 aromatic rings. The number of anilines is 1. The van der Waals surface area contributed by atoms with Crippen molar-refractivity contribution in [3.05, 3.63) is 33.9 Å². The van der Waals surface area contributed by atoms with Crippen LogP contribution >= 0.6 is 11.3 Å². The van der Waals surface area contributed by atoms with E-state index >= 15 is 0 Å². The van der Waals surface area contributed by atoms with Crippen LogP contribution in [0.15, 0.2) is 17.1 Å². The van der Waals surface area contributed by atoms with Gasteiger partial charge in [-0.15, -0.1) is 0 Å². The Morgan fingerprint density at radius 2 is 2.35 bits per heavy atom. The van der Waals surface area contributed by atoms with Gasteiger partial charge in [0.05, 0.1) is 20.0 Å². The number of nitrogen functional groups attached to an aromatic ring is 1. The molecule has 0 fully saturated rings. The van der Waals surface area contributed by atoms with Crippen LogP contribution < -0.4 is 5.73 Å². The summed E-state index contributed by atoms with van der Waals surface area (Å²) in [5.74, 6) is -0.175. The van der Waals surface area contributed by atoms with E-state index < -0.39 is 5.97 Å². The average molecular weight is 251 g/mol. The Morgan fingerprint density at radius 1 is 1.59 bits per heavy atom. The molecule has 0 bridgehead atoms. The van der Waals surface area contributed by atoms with Crippen LogP contribution in [-0.2, 0) is 11.3 Å². The zero-order valence-electron chi connectivity index (χ0n) is 9.64. The first kappa shape index (κ1) is 11.7. The van der Waals surface area contributed by atoms with Crippen LogP contribution in [0.4, 0.5) is 5.82 Å². The van der Waals surface area contributed by atoms with Gasteiger partial charge in [-0.1, -0.05) is 0 Å². The predicted octanol–water partition coefficient (Wildman–Crippen LogP) is 1.67. The van der Waals surface area contributed by atoms with Crippen molar-refractivity contribution in [3.63, 3.8) is 0 Å². The number of aryl methyl sites for hydroxylation is 1. The van der Waals surface area contributed by atoms with Crippen LogP contribution in [0, 0.1) is 6.92 Å². The molecule has 90 valence electrons. The fraction of sp³-hybridized carbons (Fsp3) is 0.273. The van der Waals surface area contributed by atoms with Crippen LogP contribution in [0.1, 0.15) is 21.6 Å². The molecule has 0 aliphatic rings. The van der Waals surface area contributed by atoms with Crippen LogP contribution in [0.5, 0.6) is 0 Å². The average Bonchev–Trinajstić information content (AvgIpc) is 2.87. The fourth-order valence-corrected chi connectivity index (χ4v) is 2.35. The molecular formula is C11H13N3O2S. The molecule has 0 radical (unpaired) electrons. The van der Waals surface area contributed by atoms with E-state index in [9.17, 15) is 4.79 Å². The smallest absolute Gasteiger partial charge is 0.360 e. The fourth-order valence-electron chi connectivity index (χ4n) is 1.50. The lowest BCUT2D eigenvalue weighted by atomic mass is 10.2. The molecule has 0 aliphatic carbocycles. The van der Waals surface area contributed by atoms with E-state index in [-0.39, 0.29) is 5.69 Å². The molecule has 0 aromatic carbocycles. The molecule has 0 atom stereocenters. The maximum atomic E-state index is 11.3. The summed E-state index contributed by atoms with van der Waals surface area (Å²) in [6, 6.07) is 0. The Morgan fingerprint density at radius 3 is 2.94 bits per heavy atom. The molecule has 2 rings (SSSR count). The van der Waals surface area contributed by atoms with Crippen molar-refractivity contribution in [2.75, 3.05) is 12.8 Å². The molecule has 0 unspecified atom stereocenters. The van der Waals surface area contributed by atoms with E-state index in [0.717, 1.165) is 0 Å². The molecule has 2 aromatic heterocycles. The maximum Gasteiger partial charge on any atom is 0.360 e. The molecule has 6 heteroatoms. The second kappa shape index (κ2) is 4.58. The number of esters is 1. The first-order chi connectivity index (χ1) is 8.13. The SMILES string of the molecule is COC(=O)c1ncn(Cc2cscc2C)c1N. The highest BCUT2D eigenvalue weighted by Crippen LogP contribution is 2.18.